The van der Waals surface area contributed by atoms with Gasteiger partial charge in [-0.2, -0.15) is 0 Å². The number of hydrogen-bond acceptors (Lipinski definition) is 3. The Morgan fingerprint density at radius 1 is 1.24 bits per heavy atom. The van der Waals surface area contributed by atoms with Crippen LogP contribution in [0.5, 0.6) is 0 Å². The molecule has 1 saturated heterocycles. The van der Waals surface area contributed by atoms with Gasteiger partial charge in [0.15, 0.2) is 0 Å². The third-order valence-electron chi connectivity index (χ3n) is 3.14. The Kier molecular flexibility index (Phi) is 4.55. The maximum Gasteiger partial charge on any atom is 0.326 e. The van der Waals surface area contributed by atoms with Crippen molar-refractivity contribution >= 4 is 6.03 Å². The van der Waals surface area contributed by atoms with Crippen LogP contribution < -0.4 is 5.32 Å². The zero-order chi connectivity index (χ0) is 11.9. The minimum atomic E-state index is -0.0997. The van der Waals surface area contributed by atoms with Crippen LogP contribution in [0, 0.1) is 0 Å². The predicted octanol–water partition coefficient (Wildman–Crippen LogP) is 1.32. The van der Waals surface area contributed by atoms with Crippen molar-refractivity contribution in [3.63, 3.8) is 0 Å². The molecule has 0 bridgehead atoms. The molecule has 1 aromatic heterocycles. The van der Waals surface area contributed by atoms with E-state index in [0.29, 0.717) is 6.54 Å². The van der Waals surface area contributed by atoms with Gasteiger partial charge < -0.3 is 10.2 Å². The van der Waals surface area contributed by atoms with Crippen molar-refractivity contribution in [3.8, 4) is 0 Å². The number of aromatic nitrogens is 2. The molecule has 0 atom stereocenters. The highest BCUT2D eigenvalue weighted by atomic mass is 16.2. The molecule has 5 nitrogen and oxygen atoms in total. The molecule has 1 N–H and O–H groups in total. The van der Waals surface area contributed by atoms with Crippen LogP contribution in [0.4, 0.5) is 4.79 Å². The highest BCUT2D eigenvalue weighted by Gasteiger charge is 2.09. The van der Waals surface area contributed by atoms with Crippen molar-refractivity contribution in [1.82, 2.24) is 19.8 Å². The van der Waals surface area contributed by atoms with E-state index in [9.17, 15) is 4.79 Å². The van der Waals surface area contributed by atoms with E-state index in [0.717, 1.165) is 6.54 Å². The molecule has 0 aliphatic carbocycles. The molecule has 0 unspecified atom stereocenters. The quantitative estimate of drug-likeness (QED) is 0.861. The summed E-state index contributed by atoms with van der Waals surface area (Å²) in [5.74, 6) is 0. The van der Waals surface area contributed by atoms with Gasteiger partial charge in [0.25, 0.3) is 0 Å². The molecule has 0 aromatic carbocycles. The van der Waals surface area contributed by atoms with Gasteiger partial charge in [-0.05, 0) is 25.9 Å². The molecule has 0 radical (unpaired) electrons. The second-order valence-corrected chi connectivity index (χ2v) is 4.46. The molecule has 17 heavy (non-hydrogen) atoms. The molecule has 5 heteroatoms. The van der Waals surface area contributed by atoms with Crippen LogP contribution >= 0.6 is 0 Å². The number of carbonyl (C=O) groups excluding carboxylic acids is 1. The van der Waals surface area contributed by atoms with Crippen molar-refractivity contribution in [2.24, 2.45) is 0 Å². The average molecular weight is 236 g/mol. The van der Waals surface area contributed by atoms with Crippen LogP contribution in [0.25, 0.3) is 0 Å². The van der Waals surface area contributed by atoms with Crippen molar-refractivity contribution < 1.29 is 4.79 Å². The van der Waals surface area contributed by atoms with E-state index in [1.807, 2.05) is 0 Å². The lowest BCUT2D eigenvalue weighted by atomic mass is 10.2. The number of amides is 1. The molecule has 1 aliphatic heterocycles. The third-order valence-corrected chi connectivity index (χ3v) is 3.14. The van der Waals surface area contributed by atoms with Gasteiger partial charge in [0, 0.05) is 25.5 Å². The maximum absolute atomic E-state index is 11.6. The number of hydrogen-bond donors (Lipinski definition) is 1. The minimum Gasteiger partial charge on any atom is -0.336 e. The molecule has 0 saturated carbocycles. The monoisotopic (exact) mass is 236 g/mol. The summed E-state index contributed by atoms with van der Waals surface area (Å²) in [5, 5.41) is 2.90. The summed E-state index contributed by atoms with van der Waals surface area (Å²) >= 11 is 0. The topological polar surface area (TPSA) is 50.2 Å². The molecular weight excluding hydrogens is 216 g/mol. The highest BCUT2D eigenvalue weighted by Crippen LogP contribution is 2.08. The van der Waals surface area contributed by atoms with Crippen LogP contribution in [-0.2, 0) is 0 Å². The lowest BCUT2D eigenvalue weighted by molar-refractivity contribution is 0.237. The van der Waals surface area contributed by atoms with Gasteiger partial charge in [-0.15, -0.1) is 0 Å². The molecule has 94 valence electrons. The fraction of sp³-hybridized carbons (Fsp3) is 0.667. The highest BCUT2D eigenvalue weighted by molar-refractivity contribution is 5.76. The van der Waals surface area contributed by atoms with E-state index in [2.05, 4.69) is 15.2 Å². The maximum atomic E-state index is 11.6. The van der Waals surface area contributed by atoms with E-state index in [1.54, 1.807) is 12.4 Å². The Morgan fingerprint density at radius 3 is 2.65 bits per heavy atom. The third kappa shape index (κ3) is 3.85. The number of rotatable bonds is 3. The second kappa shape index (κ2) is 6.39. The first-order valence-electron chi connectivity index (χ1n) is 6.35. The smallest absolute Gasteiger partial charge is 0.326 e. The average Bonchev–Trinajstić information content (AvgIpc) is 2.75. The second-order valence-electron chi connectivity index (χ2n) is 4.46. The van der Waals surface area contributed by atoms with Crippen molar-refractivity contribution in [3.05, 3.63) is 18.7 Å². The lowest BCUT2D eigenvalue weighted by Gasteiger charge is -2.19. The number of nitrogens with one attached hydrogen (secondary N) is 1. The summed E-state index contributed by atoms with van der Waals surface area (Å²) in [7, 11) is 0. The van der Waals surface area contributed by atoms with Crippen LogP contribution in [0.2, 0.25) is 0 Å². The summed E-state index contributed by atoms with van der Waals surface area (Å²) < 4.78 is 1.46. The molecule has 1 fully saturated rings. The molecular formula is C12H20N4O. The largest absolute Gasteiger partial charge is 0.336 e. The predicted molar refractivity (Wildman–Crippen MR) is 65.9 cm³/mol. The van der Waals surface area contributed by atoms with Gasteiger partial charge in [0.05, 0.1) is 0 Å². The number of carbonyl (C=O) groups is 1. The first-order chi connectivity index (χ1) is 8.36. The van der Waals surface area contributed by atoms with Gasteiger partial charge in [-0.3, -0.25) is 4.57 Å². The van der Waals surface area contributed by atoms with E-state index in [1.165, 1.54) is 49.7 Å². The summed E-state index contributed by atoms with van der Waals surface area (Å²) in [4.78, 5) is 17.9. The Morgan fingerprint density at radius 2 is 2.00 bits per heavy atom. The molecule has 0 spiro atoms. The van der Waals surface area contributed by atoms with Gasteiger partial charge in [-0.1, -0.05) is 12.8 Å². The zero-order valence-electron chi connectivity index (χ0n) is 10.1. The first kappa shape index (κ1) is 12.1. The fourth-order valence-corrected chi connectivity index (χ4v) is 2.15. The van der Waals surface area contributed by atoms with E-state index in [4.69, 9.17) is 0 Å². The number of likely N-dealkylation sites (tertiary alicyclic amines) is 1. The Bertz CT molecular complexity index is 328. The van der Waals surface area contributed by atoms with Crippen LogP contribution in [0.15, 0.2) is 18.7 Å². The van der Waals surface area contributed by atoms with Crippen molar-refractivity contribution in [2.75, 3.05) is 26.2 Å². The van der Waals surface area contributed by atoms with Crippen molar-refractivity contribution in [1.29, 1.82) is 0 Å². The number of imidazole rings is 1. The standard InChI is InChI=1S/C12H20N4O/c17-12(16-10-5-13-11-16)14-6-9-15-7-3-1-2-4-8-15/h5,10-11H,1-4,6-9H2,(H,14,17). The molecule has 1 aliphatic rings. The zero-order valence-corrected chi connectivity index (χ0v) is 10.1. The van der Waals surface area contributed by atoms with E-state index in [-0.39, 0.29) is 6.03 Å². The Labute approximate surface area is 102 Å². The van der Waals surface area contributed by atoms with Crippen LogP contribution in [-0.4, -0.2) is 46.7 Å². The minimum absolute atomic E-state index is 0.0997. The molecule has 2 rings (SSSR count). The van der Waals surface area contributed by atoms with E-state index < -0.39 is 0 Å². The molecule has 2 heterocycles. The summed E-state index contributed by atoms with van der Waals surface area (Å²) in [6.45, 7) is 3.99. The summed E-state index contributed by atoms with van der Waals surface area (Å²) in [6.07, 6.45) is 10.0. The first-order valence-corrected chi connectivity index (χ1v) is 6.35. The SMILES string of the molecule is O=C(NCCN1CCCCCC1)n1ccnc1. The molecule has 1 amide bonds. The van der Waals surface area contributed by atoms with Gasteiger partial charge in [0.2, 0.25) is 0 Å². The Hall–Kier alpha value is -1.36. The normalized spacial score (nSPS) is 17.6. The molecule has 1 aromatic rings. The van der Waals surface area contributed by atoms with Crippen LogP contribution in [0.3, 0.4) is 0 Å². The fourth-order valence-electron chi connectivity index (χ4n) is 2.15. The summed E-state index contributed by atoms with van der Waals surface area (Å²) in [5.41, 5.74) is 0. The van der Waals surface area contributed by atoms with Gasteiger partial charge >= 0.3 is 6.03 Å². The Balaban J connectivity index is 1.66. The van der Waals surface area contributed by atoms with Gasteiger partial charge in [-0.25, -0.2) is 9.78 Å². The van der Waals surface area contributed by atoms with Gasteiger partial charge in [0.1, 0.15) is 6.33 Å². The number of nitrogens with zero attached hydrogens (tertiary/aromatic N) is 3. The van der Waals surface area contributed by atoms with Crippen LogP contribution in [0.1, 0.15) is 25.7 Å². The van der Waals surface area contributed by atoms with Crippen molar-refractivity contribution in [2.45, 2.75) is 25.7 Å². The lowest BCUT2D eigenvalue weighted by Crippen LogP contribution is -2.36. The summed E-state index contributed by atoms with van der Waals surface area (Å²) in [6, 6.07) is -0.0997. The van der Waals surface area contributed by atoms with E-state index >= 15 is 0 Å².